The van der Waals surface area contributed by atoms with Crippen LogP contribution in [-0.2, 0) is 0 Å². The zero-order valence-corrected chi connectivity index (χ0v) is 10.6. The number of anilines is 1. The third-order valence-corrected chi connectivity index (χ3v) is 3.62. The summed E-state index contributed by atoms with van der Waals surface area (Å²) in [7, 11) is 0. The van der Waals surface area contributed by atoms with Crippen LogP contribution in [0.2, 0.25) is 0 Å². The maximum atomic E-state index is 5.71. The number of halogens is 1. The Kier molecular flexibility index (Phi) is 3.32. The van der Waals surface area contributed by atoms with Crippen molar-refractivity contribution in [3.8, 4) is 0 Å². The van der Waals surface area contributed by atoms with E-state index in [4.69, 9.17) is 5.73 Å². The number of aryl methyl sites for hydroxylation is 1. The normalized spacial score (nSPS) is 21.0. The Morgan fingerprint density at radius 2 is 2.33 bits per heavy atom. The third kappa shape index (κ3) is 2.34. The van der Waals surface area contributed by atoms with Gasteiger partial charge in [0.2, 0.25) is 0 Å². The summed E-state index contributed by atoms with van der Waals surface area (Å²) in [6, 6.07) is 6.46. The number of benzene rings is 1. The Morgan fingerprint density at radius 3 is 3.00 bits per heavy atom. The van der Waals surface area contributed by atoms with Gasteiger partial charge in [0.25, 0.3) is 0 Å². The lowest BCUT2D eigenvalue weighted by Gasteiger charge is -2.21. The number of rotatable bonds is 2. The Morgan fingerprint density at radius 1 is 1.53 bits per heavy atom. The maximum Gasteiger partial charge on any atom is 0.0407 e. The number of hydrogen-bond donors (Lipinski definition) is 1. The average molecular weight is 269 g/mol. The summed E-state index contributed by atoms with van der Waals surface area (Å²) in [5, 5.41) is 0. The molecule has 1 unspecified atom stereocenters. The molecule has 1 aromatic carbocycles. The molecule has 82 valence electrons. The van der Waals surface area contributed by atoms with Crippen LogP contribution in [0.5, 0.6) is 0 Å². The Balaban J connectivity index is 2.19. The van der Waals surface area contributed by atoms with Crippen LogP contribution in [-0.4, -0.2) is 19.6 Å². The van der Waals surface area contributed by atoms with Gasteiger partial charge in [-0.3, -0.25) is 0 Å². The van der Waals surface area contributed by atoms with E-state index in [9.17, 15) is 0 Å². The molecule has 1 aromatic rings. The largest absolute Gasteiger partial charge is 0.371 e. The van der Waals surface area contributed by atoms with Crippen LogP contribution in [0.15, 0.2) is 22.7 Å². The molecule has 0 spiro atoms. The van der Waals surface area contributed by atoms with Gasteiger partial charge < -0.3 is 10.6 Å². The lowest BCUT2D eigenvalue weighted by molar-refractivity contribution is 0.602. The summed E-state index contributed by atoms with van der Waals surface area (Å²) in [6.07, 6.45) is 1.22. The molecule has 0 radical (unpaired) electrons. The number of nitrogens with two attached hydrogens (primary N) is 1. The second-order valence-corrected chi connectivity index (χ2v) is 5.18. The fourth-order valence-electron chi connectivity index (χ4n) is 2.17. The molecule has 0 bridgehead atoms. The molecular weight excluding hydrogens is 252 g/mol. The van der Waals surface area contributed by atoms with Crippen LogP contribution >= 0.6 is 15.9 Å². The summed E-state index contributed by atoms with van der Waals surface area (Å²) in [4.78, 5) is 2.44. The minimum absolute atomic E-state index is 0.670. The first kappa shape index (κ1) is 11.0. The molecule has 3 heteroatoms. The van der Waals surface area contributed by atoms with Crippen LogP contribution < -0.4 is 10.6 Å². The fraction of sp³-hybridized carbons (Fsp3) is 0.500. The van der Waals surface area contributed by atoms with E-state index >= 15 is 0 Å². The van der Waals surface area contributed by atoms with Gasteiger partial charge in [0.1, 0.15) is 0 Å². The van der Waals surface area contributed by atoms with Crippen molar-refractivity contribution in [2.75, 3.05) is 24.5 Å². The minimum atomic E-state index is 0.670. The zero-order chi connectivity index (χ0) is 10.8. The van der Waals surface area contributed by atoms with Crippen molar-refractivity contribution in [1.29, 1.82) is 0 Å². The van der Waals surface area contributed by atoms with E-state index in [1.807, 2.05) is 0 Å². The lowest BCUT2D eigenvalue weighted by atomic mass is 10.1. The molecule has 2 N–H and O–H groups in total. The molecule has 0 aromatic heterocycles. The van der Waals surface area contributed by atoms with Gasteiger partial charge in [-0.1, -0.05) is 22.0 Å². The van der Waals surface area contributed by atoms with Crippen LogP contribution in [0, 0.1) is 12.8 Å². The monoisotopic (exact) mass is 268 g/mol. The maximum absolute atomic E-state index is 5.71. The molecule has 2 nitrogen and oxygen atoms in total. The summed E-state index contributed by atoms with van der Waals surface area (Å²) in [5.41, 5.74) is 8.40. The van der Waals surface area contributed by atoms with Crippen molar-refractivity contribution in [1.82, 2.24) is 0 Å². The predicted octanol–water partition coefficient (Wildman–Crippen LogP) is 2.54. The van der Waals surface area contributed by atoms with Crippen molar-refractivity contribution >= 4 is 21.6 Å². The summed E-state index contributed by atoms with van der Waals surface area (Å²) in [6.45, 7) is 5.22. The van der Waals surface area contributed by atoms with Gasteiger partial charge in [0.05, 0.1) is 0 Å². The first-order valence-electron chi connectivity index (χ1n) is 5.42. The van der Waals surface area contributed by atoms with E-state index < -0.39 is 0 Å². The second-order valence-electron chi connectivity index (χ2n) is 4.27. The van der Waals surface area contributed by atoms with E-state index in [1.54, 1.807) is 0 Å². The summed E-state index contributed by atoms with van der Waals surface area (Å²) in [5.74, 6) is 0.670. The Labute approximate surface area is 99.6 Å². The van der Waals surface area contributed by atoms with Crippen molar-refractivity contribution in [3.63, 3.8) is 0 Å². The molecule has 1 atom stereocenters. The minimum Gasteiger partial charge on any atom is -0.371 e. The van der Waals surface area contributed by atoms with Gasteiger partial charge in [-0.05, 0) is 43.5 Å². The molecule has 1 aliphatic rings. The van der Waals surface area contributed by atoms with Crippen LogP contribution in [0.3, 0.4) is 0 Å². The highest BCUT2D eigenvalue weighted by molar-refractivity contribution is 9.10. The quantitative estimate of drug-likeness (QED) is 0.894. The molecule has 0 amide bonds. The molecule has 15 heavy (non-hydrogen) atoms. The first-order chi connectivity index (χ1) is 7.20. The van der Waals surface area contributed by atoms with Gasteiger partial charge in [0, 0.05) is 23.2 Å². The molecule has 0 aliphatic carbocycles. The van der Waals surface area contributed by atoms with Crippen molar-refractivity contribution in [3.05, 3.63) is 28.2 Å². The van der Waals surface area contributed by atoms with E-state index in [-0.39, 0.29) is 0 Å². The molecular formula is C12H17BrN2. The molecule has 2 rings (SSSR count). The second kappa shape index (κ2) is 4.54. The Bertz CT molecular complexity index is 351. The van der Waals surface area contributed by atoms with E-state index in [1.165, 1.54) is 17.7 Å². The molecule has 1 fully saturated rings. The van der Waals surface area contributed by atoms with Crippen molar-refractivity contribution in [2.24, 2.45) is 11.7 Å². The van der Waals surface area contributed by atoms with E-state index in [0.29, 0.717) is 5.92 Å². The van der Waals surface area contributed by atoms with Gasteiger partial charge in [-0.25, -0.2) is 0 Å². The van der Waals surface area contributed by atoms with Gasteiger partial charge in [-0.15, -0.1) is 0 Å². The smallest absolute Gasteiger partial charge is 0.0407 e. The zero-order valence-electron chi connectivity index (χ0n) is 9.04. The van der Waals surface area contributed by atoms with Crippen LogP contribution in [0.25, 0.3) is 0 Å². The predicted molar refractivity (Wildman–Crippen MR) is 68.3 cm³/mol. The highest BCUT2D eigenvalue weighted by Crippen LogP contribution is 2.28. The SMILES string of the molecule is Cc1ccc(Br)cc1N1CCC(CN)C1. The lowest BCUT2D eigenvalue weighted by Crippen LogP contribution is -2.23. The van der Waals surface area contributed by atoms with Crippen LogP contribution in [0.1, 0.15) is 12.0 Å². The van der Waals surface area contributed by atoms with Crippen molar-refractivity contribution in [2.45, 2.75) is 13.3 Å². The standard InChI is InChI=1S/C12H17BrN2/c1-9-2-3-11(13)6-12(9)15-5-4-10(7-14)8-15/h2-3,6,10H,4-5,7-8,14H2,1H3. The fourth-order valence-corrected chi connectivity index (χ4v) is 2.52. The highest BCUT2D eigenvalue weighted by Gasteiger charge is 2.22. The van der Waals surface area contributed by atoms with E-state index in [0.717, 1.165) is 24.1 Å². The summed E-state index contributed by atoms with van der Waals surface area (Å²) < 4.78 is 1.15. The van der Waals surface area contributed by atoms with Gasteiger partial charge in [-0.2, -0.15) is 0 Å². The summed E-state index contributed by atoms with van der Waals surface area (Å²) >= 11 is 3.52. The topological polar surface area (TPSA) is 29.3 Å². The molecule has 1 heterocycles. The first-order valence-corrected chi connectivity index (χ1v) is 6.21. The third-order valence-electron chi connectivity index (χ3n) is 3.13. The van der Waals surface area contributed by atoms with Gasteiger partial charge >= 0.3 is 0 Å². The van der Waals surface area contributed by atoms with E-state index in [2.05, 4.69) is 46.0 Å². The van der Waals surface area contributed by atoms with Crippen LogP contribution in [0.4, 0.5) is 5.69 Å². The van der Waals surface area contributed by atoms with Crippen molar-refractivity contribution < 1.29 is 0 Å². The Hall–Kier alpha value is -0.540. The number of nitrogens with zero attached hydrogens (tertiary/aromatic N) is 1. The van der Waals surface area contributed by atoms with Gasteiger partial charge in [0.15, 0.2) is 0 Å². The highest BCUT2D eigenvalue weighted by atomic mass is 79.9. The molecule has 1 aliphatic heterocycles. The average Bonchev–Trinajstić information content (AvgIpc) is 2.70. The molecule has 0 saturated carbocycles. The molecule has 1 saturated heterocycles. The number of hydrogen-bond acceptors (Lipinski definition) is 2.